The first kappa shape index (κ1) is 10.1. The van der Waals surface area contributed by atoms with Gasteiger partial charge < -0.3 is 15.0 Å². The summed E-state index contributed by atoms with van der Waals surface area (Å²) in [5.74, 6) is 1.70. The Bertz CT molecular complexity index is 341. The minimum atomic E-state index is 0.679. The van der Waals surface area contributed by atoms with Crippen LogP contribution in [0.1, 0.15) is 13.3 Å². The summed E-state index contributed by atoms with van der Waals surface area (Å²) in [6.07, 6.45) is 1.14. The van der Waals surface area contributed by atoms with Gasteiger partial charge >= 0.3 is 0 Å². The third kappa shape index (κ3) is 1.98. The molecular weight excluding hydrogens is 190 g/mol. The molecule has 0 saturated heterocycles. The van der Waals surface area contributed by atoms with Crippen LogP contribution in [0.25, 0.3) is 0 Å². The van der Waals surface area contributed by atoms with E-state index in [9.17, 15) is 0 Å². The highest BCUT2D eigenvalue weighted by molar-refractivity contribution is 5.68. The Labute approximate surface area is 90.3 Å². The van der Waals surface area contributed by atoms with E-state index in [-0.39, 0.29) is 0 Å². The smallest absolute Gasteiger partial charge is 0.215 e. The summed E-state index contributed by atoms with van der Waals surface area (Å²) in [7, 11) is 1.65. The lowest BCUT2D eigenvalue weighted by Gasteiger charge is -2.30. The van der Waals surface area contributed by atoms with E-state index in [1.807, 2.05) is 12.1 Å². The molecule has 0 atom stereocenters. The summed E-state index contributed by atoms with van der Waals surface area (Å²) in [6.45, 7) is 5.23. The molecule has 1 aliphatic heterocycles. The van der Waals surface area contributed by atoms with E-state index in [1.54, 1.807) is 7.11 Å². The Morgan fingerprint density at radius 1 is 1.53 bits per heavy atom. The topological polar surface area (TPSA) is 37.4 Å². The van der Waals surface area contributed by atoms with Gasteiger partial charge in [-0.2, -0.15) is 4.98 Å². The maximum Gasteiger partial charge on any atom is 0.215 e. The number of hydrogen-bond acceptors (Lipinski definition) is 4. The number of nitrogens with one attached hydrogen (secondary N) is 1. The number of fused-ring (bicyclic) bond motifs is 1. The lowest BCUT2D eigenvalue weighted by Crippen LogP contribution is -2.35. The largest absolute Gasteiger partial charge is 0.481 e. The first-order valence-corrected chi connectivity index (χ1v) is 5.39. The van der Waals surface area contributed by atoms with Crippen LogP contribution in [0.4, 0.5) is 11.5 Å². The Balaban J connectivity index is 2.30. The van der Waals surface area contributed by atoms with Gasteiger partial charge in [0, 0.05) is 25.7 Å². The van der Waals surface area contributed by atoms with Crippen molar-refractivity contribution in [2.45, 2.75) is 13.3 Å². The molecule has 1 aromatic rings. The van der Waals surface area contributed by atoms with Gasteiger partial charge in [-0.25, -0.2) is 0 Å². The van der Waals surface area contributed by atoms with E-state index in [4.69, 9.17) is 4.74 Å². The van der Waals surface area contributed by atoms with Crippen LogP contribution in [0.5, 0.6) is 5.88 Å². The zero-order valence-corrected chi connectivity index (χ0v) is 9.29. The SMILES string of the molecule is CCCN1CCNc2ccc(OC)nc21. The summed E-state index contributed by atoms with van der Waals surface area (Å²) < 4.78 is 5.14. The van der Waals surface area contributed by atoms with Gasteiger partial charge in [0.05, 0.1) is 12.8 Å². The number of nitrogens with zero attached hydrogens (tertiary/aromatic N) is 2. The Hall–Kier alpha value is -1.45. The summed E-state index contributed by atoms with van der Waals surface area (Å²) in [4.78, 5) is 6.77. The van der Waals surface area contributed by atoms with Gasteiger partial charge in [0.25, 0.3) is 0 Å². The fourth-order valence-corrected chi connectivity index (χ4v) is 1.84. The molecule has 0 saturated carbocycles. The van der Waals surface area contributed by atoms with Crippen molar-refractivity contribution in [3.8, 4) is 5.88 Å². The minimum absolute atomic E-state index is 0.679. The molecule has 1 N–H and O–H groups in total. The number of anilines is 2. The van der Waals surface area contributed by atoms with Gasteiger partial charge in [0.2, 0.25) is 5.88 Å². The monoisotopic (exact) mass is 207 g/mol. The molecule has 4 heteroatoms. The predicted molar refractivity (Wildman–Crippen MR) is 61.8 cm³/mol. The number of aromatic nitrogens is 1. The molecule has 0 amide bonds. The van der Waals surface area contributed by atoms with Crippen LogP contribution < -0.4 is 15.0 Å². The molecule has 1 aromatic heterocycles. The zero-order chi connectivity index (χ0) is 10.7. The maximum absolute atomic E-state index is 5.14. The molecule has 82 valence electrons. The molecule has 15 heavy (non-hydrogen) atoms. The number of hydrogen-bond donors (Lipinski definition) is 1. The molecular formula is C11H17N3O. The minimum Gasteiger partial charge on any atom is -0.481 e. The predicted octanol–water partition coefficient (Wildman–Crippen LogP) is 1.73. The molecule has 4 nitrogen and oxygen atoms in total. The molecule has 0 aliphatic carbocycles. The van der Waals surface area contributed by atoms with Crippen LogP contribution in [0.15, 0.2) is 12.1 Å². The van der Waals surface area contributed by atoms with Crippen molar-refractivity contribution in [2.75, 3.05) is 37.0 Å². The van der Waals surface area contributed by atoms with Gasteiger partial charge in [-0.1, -0.05) is 6.92 Å². The number of methoxy groups -OCH3 is 1. The normalized spacial score (nSPS) is 14.4. The van der Waals surface area contributed by atoms with Gasteiger partial charge in [-0.15, -0.1) is 0 Å². The van der Waals surface area contributed by atoms with Crippen molar-refractivity contribution >= 4 is 11.5 Å². The van der Waals surface area contributed by atoms with Gasteiger partial charge in [-0.3, -0.25) is 0 Å². The molecule has 0 radical (unpaired) electrons. The quantitative estimate of drug-likeness (QED) is 0.819. The van der Waals surface area contributed by atoms with Crippen LogP contribution >= 0.6 is 0 Å². The number of rotatable bonds is 3. The van der Waals surface area contributed by atoms with Gasteiger partial charge in [-0.05, 0) is 12.5 Å². The molecule has 1 aliphatic rings. The van der Waals surface area contributed by atoms with Gasteiger partial charge in [0.15, 0.2) is 5.82 Å². The highest BCUT2D eigenvalue weighted by atomic mass is 16.5. The second-order valence-electron chi connectivity index (χ2n) is 3.64. The molecule has 2 rings (SSSR count). The first-order chi connectivity index (χ1) is 7.35. The highest BCUT2D eigenvalue weighted by Crippen LogP contribution is 2.28. The lowest BCUT2D eigenvalue weighted by atomic mass is 10.2. The van der Waals surface area contributed by atoms with Crippen molar-refractivity contribution in [3.63, 3.8) is 0 Å². The molecule has 0 aromatic carbocycles. The fraction of sp³-hybridized carbons (Fsp3) is 0.545. The van der Waals surface area contributed by atoms with Crippen molar-refractivity contribution in [1.29, 1.82) is 0 Å². The highest BCUT2D eigenvalue weighted by Gasteiger charge is 2.17. The Morgan fingerprint density at radius 3 is 3.13 bits per heavy atom. The van der Waals surface area contributed by atoms with E-state index < -0.39 is 0 Å². The van der Waals surface area contributed by atoms with Crippen molar-refractivity contribution in [2.24, 2.45) is 0 Å². The number of pyridine rings is 1. The maximum atomic E-state index is 5.14. The summed E-state index contributed by atoms with van der Waals surface area (Å²) in [5, 5.41) is 3.34. The van der Waals surface area contributed by atoms with Gasteiger partial charge in [0.1, 0.15) is 0 Å². The van der Waals surface area contributed by atoms with Crippen LogP contribution in [-0.4, -0.2) is 31.7 Å². The third-order valence-electron chi connectivity index (χ3n) is 2.55. The average Bonchev–Trinajstić information content (AvgIpc) is 2.29. The first-order valence-electron chi connectivity index (χ1n) is 5.39. The van der Waals surface area contributed by atoms with E-state index in [0.717, 1.165) is 37.6 Å². The average molecular weight is 207 g/mol. The zero-order valence-electron chi connectivity index (χ0n) is 9.29. The summed E-state index contributed by atoms with van der Waals surface area (Å²) in [5.41, 5.74) is 1.11. The van der Waals surface area contributed by atoms with Crippen molar-refractivity contribution < 1.29 is 4.74 Å². The standard InChI is InChI=1S/C11H17N3O/c1-3-7-14-8-6-12-9-4-5-10(15-2)13-11(9)14/h4-5,12H,3,6-8H2,1-2H3. The molecule has 0 spiro atoms. The van der Waals surface area contributed by atoms with Crippen LogP contribution in [0, 0.1) is 0 Å². The van der Waals surface area contributed by atoms with E-state index >= 15 is 0 Å². The molecule has 0 fully saturated rings. The molecule has 0 unspecified atom stereocenters. The Morgan fingerprint density at radius 2 is 2.40 bits per heavy atom. The summed E-state index contributed by atoms with van der Waals surface area (Å²) in [6, 6.07) is 3.92. The Kier molecular flexibility index (Phi) is 2.94. The molecule has 2 heterocycles. The van der Waals surface area contributed by atoms with E-state index in [0.29, 0.717) is 5.88 Å². The second-order valence-corrected chi connectivity index (χ2v) is 3.64. The van der Waals surface area contributed by atoms with E-state index in [1.165, 1.54) is 0 Å². The second kappa shape index (κ2) is 4.38. The third-order valence-corrected chi connectivity index (χ3v) is 2.55. The molecule has 0 bridgehead atoms. The van der Waals surface area contributed by atoms with Crippen LogP contribution in [0.2, 0.25) is 0 Å². The summed E-state index contributed by atoms with van der Waals surface area (Å²) >= 11 is 0. The van der Waals surface area contributed by atoms with E-state index in [2.05, 4.69) is 22.1 Å². The van der Waals surface area contributed by atoms with Crippen molar-refractivity contribution in [3.05, 3.63) is 12.1 Å². The van der Waals surface area contributed by atoms with Crippen molar-refractivity contribution in [1.82, 2.24) is 4.98 Å². The lowest BCUT2D eigenvalue weighted by molar-refractivity contribution is 0.397. The number of ether oxygens (including phenoxy) is 1. The van der Waals surface area contributed by atoms with Crippen LogP contribution in [-0.2, 0) is 0 Å². The van der Waals surface area contributed by atoms with Crippen LogP contribution in [0.3, 0.4) is 0 Å². The fourth-order valence-electron chi connectivity index (χ4n) is 1.84.